The van der Waals surface area contributed by atoms with Crippen LogP contribution in [0.5, 0.6) is 0 Å². The van der Waals surface area contributed by atoms with Crippen LogP contribution in [-0.2, 0) is 28.6 Å². The minimum Gasteiger partial charge on any atom is -0.462 e. The van der Waals surface area contributed by atoms with Crippen molar-refractivity contribution in [2.24, 2.45) is 0 Å². The van der Waals surface area contributed by atoms with Crippen LogP contribution in [0.1, 0.15) is 239 Å². The molecular formula is C59H98O6. The Bertz CT molecular complexity index is 1240. The topological polar surface area (TPSA) is 78.9 Å². The molecule has 0 N–H and O–H groups in total. The number of rotatable bonds is 47. The number of allylic oxidation sites excluding steroid dienone is 16. The second-order valence-corrected chi connectivity index (χ2v) is 17.4. The number of carbonyl (C=O) groups is 3. The van der Waals surface area contributed by atoms with E-state index in [1.807, 2.05) is 0 Å². The highest BCUT2D eigenvalue weighted by molar-refractivity contribution is 5.71. The lowest BCUT2D eigenvalue weighted by Crippen LogP contribution is -2.30. The van der Waals surface area contributed by atoms with Crippen LogP contribution in [0, 0.1) is 0 Å². The van der Waals surface area contributed by atoms with E-state index in [9.17, 15) is 14.4 Å². The Morgan fingerprint density at radius 3 is 0.938 bits per heavy atom. The average Bonchev–Trinajstić information content (AvgIpc) is 3.30. The molecule has 0 heterocycles. The summed E-state index contributed by atoms with van der Waals surface area (Å²) in [4.78, 5) is 38.0. The maximum absolute atomic E-state index is 12.8. The van der Waals surface area contributed by atoms with Gasteiger partial charge in [-0.25, -0.2) is 0 Å². The highest BCUT2D eigenvalue weighted by Gasteiger charge is 2.19. The van der Waals surface area contributed by atoms with Gasteiger partial charge in [0.25, 0.3) is 0 Å². The number of hydrogen-bond acceptors (Lipinski definition) is 6. The molecule has 0 atom stereocenters. The first-order valence-corrected chi connectivity index (χ1v) is 26.7. The van der Waals surface area contributed by atoms with Crippen molar-refractivity contribution >= 4 is 17.9 Å². The molecule has 0 aromatic carbocycles. The normalized spacial score (nSPS) is 12.4. The molecular weight excluding hydrogens is 805 g/mol. The van der Waals surface area contributed by atoms with E-state index in [1.54, 1.807) is 0 Å². The smallest absolute Gasteiger partial charge is 0.306 e. The van der Waals surface area contributed by atoms with Gasteiger partial charge in [0.05, 0.1) is 0 Å². The Morgan fingerprint density at radius 2 is 0.600 bits per heavy atom. The van der Waals surface area contributed by atoms with Crippen LogP contribution < -0.4 is 0 Å². The molecule has 0 spiro atoms. The van der Waals surface area contributed by atoms with E-state index in [0.29, 0.717) is 19.3 Å². The standard InChI is InChI=1S/C59H98O6/c1-4-7-10-13-16-19-22-25-27-29-31-34-36-39-42-45-48-51-57(60)63-54-56(65-59(62)53-50-47-44-41-38-33-24-21-18-15-12-9-6-3)55-64-58(61)52-49-46-43-40-37-35-32-30-28-26-23-20-17-14-11-8-5-2/h7-8,10-11,16-17,19-20,25-28,31-32,34-35,56H,4-6,9,12-15,18,21-24,29-30,33,36-55H2,1-3H3/b10-7-,11-8-,19-16-,20-17-,27-25-,28-26-,34-31-,35-32-. The Balaban J connectivity index is 4.46. The van der Waals surface area contributed by atoms with Crippen molar-refractivity contribution in [3.8, 4) is 0 Å². The SMILES string of the molecule is CC/C=C\C/C=C\C/C=C\C/C=C\CCCCCCC(=O)OCC(COC(=O)CCCCCC/C=C\C/C=C\C/C=C\C/C=C\CC)OC(=O)CCCCCCCCCCCCCCC. The third kappa shape index (κ3) is 51.2. The van der Waals surface area contributed by atoms with Gasteiger partial charge in [-0.2, -0.15) is 0 Å². The number of carbonyl (C=O) groups excluding carboxylic acids is 3. The van der Waals surface area contributed by atoms with Crippen molar-refractivity contribution in [1.82, 2.24) is 0 Å². The minimum atomic E-state index is -0.797. The van der Waals surface area contributed by atoms with Crippen molar-refractivity contribution in [1.29, 1.82) is 0 Å². The predicted octanol–water partition coefficient (Wildman–Crippen LogP) is 17.8. The van der Waals surface area contributed by atoms with Crippen LogP contribution in [0.25, 0.3) is 0 Å². The van der Waals surface area contributed by atoms with Gasteiger partial charge in [0.2, 0.25) is 0 Å². The number of ether oxygens (including phenoxy) is 3. The van der Waals surface area contributed by atoms with E-state index in [2.05, 4.69) is 118 Å². The summed E-state index contributed by atoms with van der Waals surface area (Å²) >= 11 is 0. The first kappa shape index (κ1) is 61.3. The van der Waals surface area contributed by atoms with Crippen LogP contribution in [0.15, 0.2) is 97.2 Å². The van der Waals surface area contributed by atoms with Crippen molar-refractivity contribution in [2.75, 3.05) is 13.2 Å². The summed E-state index contributed by atoms with van der Waals surface area (Å²) in [6, 6.07) is 0. The van der Waals surface area contributed by atoms with E-state index in [0.717, 1.165) is 135 Å². The van der Waals surface area contributed by atoms with Crippen molar-refractivity contribution in [3.05, 3.63) is 97.2 Å². The number of hydrogen-bond donors (Lipinski definition) is 0. The van der Waals surface area contributed by atoms with E-state index < -0.39 is 6.10 Å². The quantitative estimate of drug-likeness (QED) is 0.0262. The molecule has 0 radical (unpaired) electrons. The molecule has 0 bridgehead atoms. The summed E-state index contributed by atoms with van der Waals surface area (Å²) < 4.78 is 16.8. The summed E-state index contributed by atoms with van der Waals surface area (Å²) in [6.07, 6.45) is 69.6. The van der Waals surface area contributed by atoms with Crippen molar-refractivity contribution in [3.63, 3.8) is 0 Å². The van der Waals surface area contributed by atoms with Gasteiger partial charge < -0.3 is 14.2 Å². The van der Waals surface area contributed by atoms with Gasteiger partial charge in [0, 0.05) is 19.3 Å². The van der Waals surface area contributed by atoms with E-state index >= 15 is 0 Å². The highest BCUT2D eigenvalue weighted by atomic mass is 16.6. The lowest BCUT2D eigenvalue weighted by Gasteiger charge is -2.18. The first-order valence-electron chi connectivity index (χ1n) is 26.7. The zero-order valence-corrected chi connectivity index (χ0v) is 42.2. The molecule has 0 unspecified atom stereocenters. The molecule has 0 saturated heterocycles. The summed E-state index contributed by atoms with van der Waals surface area (Å²) in [7, 11) is 0. The minimum absolute atomic E-state index is 0.0976. The second-order valence-electron chi connectivity index (χ2n) is 17.4. The predicted molar refractivity (Wildman–Crippen MR) is 279 cm³/mol. The zero-order chi connectivity index (χ0) is 47.2. The molecule has 0 aromatic rings. The maximum atomic E-state index is 12.8. The molecule has 6 heteroatoms. The summed E-state index contributed by atoms with van der Waals surface area (Å²) in [5, 5.41) is 0. The van der Waals surface area contributed by atoms with Gasteiger partial charge >= 0.3 is 17.9 Å². The molecule has 0 aliphatic heterocycles. The van der Waals surface area contributed by atoms with Gasteiger partial charge in [-0.05, 0) is 96.3 Å². The van der Waals surface area contributed by atoms with Crippen LogP contribution in [0.4, 0.5) is 0 Å². The molecule has 0 fully saturated rings. The molecule has 0 saturated carbocycles. The fraction of sp³-hybridized carbons (Fsp3) is 0.678. The van der Waals surface area contributed by atoms with E-state index in [4.69, 9.17) is 14.2 Å². The monoisotopic (exact) mass is 903 g/mol. The van der Waals surface area contributed by atoms with Crippen LogP contribution in [0.2, 0.25) is 0 Å². The van der Waals surface area contributed by atoms with Gasteiger partial charge in [0.15, 0.2) is 6.10 Å². The lowest BCUT2D eigenvalue weighted by atomic mass is 10.0. The van der Waals surface area contributed by atoms with Gasteiger partial charge in [0.1, 0.15) is 13.2 Å². The molecule has 0 rings (SSSR count). The molecule has 0 amide bonds. The summed E-state index contributed by atoms with van der Waals surface area (Å²) in [5.41, 5.74) is 0. The van der Waals surface area contributed by atoms with Crippen molar-refractivity contribution < 1.29 is 28.6 Å². The second kappa shape index (κ2) is 52.9. The highest BCUT2D eigenvalue weighted by Crippen LogP contribution is 2.15. The third-order valence-corrected chi connectivity index (χ3v) is 11.1. The Kier molecular flexibility index (Phi) is 50.0. The molecule has 0 aromatic heterocycles. The third-order valence-electron chi connectivity index (χ3n) is 11.1. The molecule has 370 valence electrons. The van der Waals surface area contributed by atoms with Gasteiger partial charge in [-0.1, -0.05) is 221 Å². The molecule has 0 aliphatic rings. The van der Waals surface area contributed by atoms with Crippen LogP contribution in [0.3, 0.4) is 0 Å². The molecule has 65 heavy (non-hydrogen) atoms. The van der Waals surface area contributed by atoms with Gasteiger partial charge in [-0.3, -0.25) is 14.4 Å². The maximum Gasteiger partial charge on any atom is 0.306 e. The van der Waals surface area contributed by atoms with Crippen molar-refractivity contribution in [2.45, 2.75) is 245 Å². The first-order chi connectivity index (χ1) is 32.0. The summed E-state index contributed by atoms with van der Waals surface area (Å²) in [5.74, 6) is -0.942. The fourth-order valence-electron chi connectivity index (χ4n) is 7.13. The van der Waals surface area contributed by atoms with E-state index in [-0.39, 0.29) is 31.1 Å². The summed E-state index contributed by atoms with van der Waals surface area (Å²) in [6.45, 7) is 6.37. The number of unbranched alkanes of at least 4 members (excludes halogenated alkanes) is 20. The Hall–Kier alpha value is -3.67. The number of esters is 3. The average molecular weight is 903 g/mol. The Labute approximate surface area is 400 Å². The molecule has 6 nitrogen and oxygen atoms in total. The zero-order valence-electron chi connectivity index (χ0n) is 42.2. The van der Waals surface area contributed by atoms with Gasteiger partial charge in [-0.15, -0.1) is 0 Å². The van der Waals surface area contributed by atoms with Crippen LogP contribution >= 0.6 is 0 Å². The fourth-order valence-corrected chi connectivity index (χ4v) is 7.13. The van der Waals surface area contributed by atoms with E-state index in [1.165, 1.54) is 64.2 Å². The lowest BCUT2D eigenvalue weighted by molar-refractivity contribution is -0.167. The largest absolute Gasteiger partial charge is 0.462 e. The van der Waals surface area contributed by atoms with Crippen LogP contribution in [-0.4, -0.2) is 37.2 Å². The Morgan fingerprint density at radius 1 is 0.323 bits per heavy atom. The molecule has 0 aliphatic carbocycles.